The van der Waals surface area contributed by atoms with Crippen molar-refractivity contribution in [3.05, 3.63) is 34.3 Å². The van der Waals surface area contributed by atoms with Gasteiger partial charge in [0.25, 0.3) is 0 Å². The van der Waals surface area contributed by atoms with Crippen LogP contribution in [0.25, 0.3) is 0 Å². The summed E-state index contributed by atoms with van der Waals surface area (Å²) in [5, 5.41) is 0. The third-order valence-corrected chi connectivity index (χ3v) is 5.53. The van der Waals surface area contributed by atoms with Crippen LogP contribution in [0.3, 0.4) is 0 Å². The Kier molecular flexibility index (Phi) is 6.27. The van der Waals surface area contributed by atoms with E-state index in [1.807, 2.05) is 0 Å². The van der Waals surface area contributed by atoms with E-state index in [0.29, 0.717) is 6.04 Å². The molecule has 0 bridgehead atoms. The van der Waals surface area contributed by atoms with Gasteiger partial charge in [-0.05, 0) is 61.9 Å². The molecule has 0 amide bonds. The maximum atomic E-state index is 6.46. The number of hydrogen-bond donors (Lipinski definition) is 1. The largest absolute Gasteiger partial charge is 0.326 e. The second-order valence-electron chi connectivity index (χ2n) is 6.69. The van der Waals surface area contributed by atoms with E-state index in [4.69, 9.17) is 5.73 Å². The van der Waals surface area contributed by atoms with Gasteiger partial charge in [-0.1, -0.05) is 48.8 Å². The van der Waals surface area contributed by atoms with Crippen LogP contribution in [-0.4, -0.2) is 24.0 Å². The van der Waals surface area contributed by atoms with Crippen molar-refractivity contribution in [2.45, 2.75) is 52.1 Å². The molecule has 118 valence electrons. The molecular formula is C18H29BrN2. The average Bonchev–Trinajstić information content (AvgIpc) is 2.49. The third-order valence-electron chi connectivity index (χ3n) is 5.00. The Balaban J connectivity index is 2.12. The maximum absolute atomic E-state index is 6.46. The average molecular weight is 353 g/mol. The van der Waals surface area contributed by atoms with E-state index < -0.39 is 0 Å². The van der Waals surface area contributed by atoms with Crippen molar-refractivity contribution in [3.63, 3.8) is 0 Å². The second-order valence-corrected chi connectivity index (χ2v) is 7.60. The lowest BCUT2D eigenvalue weighted by Gasteiger charge is -2.41. The summed E-state index contributed by atoms with van der Waals surface area (Å²) in [6.45, 7) is 9.25. The van der Waals surface area contributed by atoms with Crippen LogP contribution in [0, 0.1) is 11.8 Å². The molecule has 1 aromatic carbocycles. The van der Waals surface area contributed by atoms with Crippen molar-refractivity contribution in [3.8, 4) is 0 Å². The van der Waals surface area contributed by atoms with Crippen molar-refractivity contribution in [2.75, 3.05) is 13.1 Å². The van der Waals surface area contributed by atoms with Crippen LogP contribution in [0.2, 0.25) is 0 Å². The highest BCUT2D eigenvalue weighted by molar-refractivity contribution is 9.10. The minimum Gasteiger partial charge on any atom is -0.326 e. The predicted molar refractivity (Wildman–Crippen MR) is 94.3 cm³/mol. The van der Waals surface area contributed by atoms with Gasteiger partial charge in [0.15, 0.2) is 0 Å². The Bertz CT molecular complexity index is 421. The normalized spacial score (nSPS) is 20.7. The number of halogens is 1. The van der Waals surface area contributed by atoms with Crippen LogP contribution < -0.4 is 5.73 Å². The van der Waals surface area contributed by atoms with Gasteiger partial charge in [-0.3, -0.25) is 4.90 Å². The van der Waals surface area contributed by atoms with Crippen LogP contribution in [0.15, 0.2) is 28.7 Å². The van der Waals surface area contributed by atoms with E-state index in [2.05, 4.69) is 65.9 Å². The summed E-state index contributed by atoms with van der Waals surface area (Å²) >= 11 is 3.52. The molecule has 0 radical (unpaired) electrons. The van der Waals surface area contributed by atoms with Gasteiger partial charge in [0.1, 0.15) is 0 Å². The van der Waals surface area contributed by atoms with E-state index in [9.17, 15) is 0 Å². The van der Waals surface area contributed by atoms with Crippen molar-refractivity contribution < 1.29 is 0 Å². The van der Waals surface area contributed by atoms with Gasteiger partial charge in [0, 0.05) is 16.6 Å². The fourth-order valence-electron chi connectivity index (χ4n) is 3.48. The first-order chi connectivity index (χ1) is 10.0. The fourth-order valence-corrected chi connectivity index (χ4v) is 3.74. The predicted octanol–water partition coefficient (Wildman–Crippen LogP) is 4.60. The molecular weight excluding hydrogens is 324 g/mol. The highest BCUT2D eigenvalue weighted by atomic mass is 79.9. The minimum absolute atomic E-state index is 0.210. The van der Waals surface area contributed by atoms with Gasteiger partial charge in [-0.15, -0.1) is 0 Å². The highest BCUT2D eigenvalue weighted by Gasteiger charge is 2.30. The standard InChI is InChI=1S/C18H29BrN2/c1-4-17(20)18(15-5-7-16(19)8-6-15)21-11-9-14(10-12-21)13(2)3/h5-8,13-14,17-18H,4,9-12,20H2,1-3H3. The quantitative estimate of drug-likeness (QED) is 0.839. The van der Waals surface area contributed by atoms with Gasteiger partial charge in [-0.25, -0.2) is 0 Å². The monoisotopic (exact) mass is 352 g/mol. The van der Waals surface area contributed by atoms with Crippen LogP contribution in [0.4, 0.5) is 0 Å². The number of hydrogen-bond acceptors (Lipinski definition) is 2. The Morgan fingerprint density at radius 2 is 1.76 bits per heavy atom. The number of nitrogens with two attached hydrogens (primary N) is 1. The summed E-state index contributed by atoms with van der Waals surface area (Å²) in [5.41, 5.74) is 7.82. The zero-order valence-electron chi connectivity index (χ0n) is 13.6. The molecule has 2 nitrogen and oxygen atoms in total. The Morgan fingerprint density at radius 1 is 1.19 bits per heavy atom. The first-order valence-corrected chi connectivity index (χ1v) is 9.07. The topological polar surface area (TPSA) is 29.3 Å². The second kappa shape index (κ2) is 7.75. The molecule has 3 heteroatoms. The number of likely N-dealkylation sites (tertiary alicyclic amines) is 1. The zero-order valence-corrected chi connectivity index (χ0v) is 15.1. The molecule has 0 saturated carbocycles. The summed E-state index contributed by atoms with van der Waals surface area (Å²) in [6.07, 6.45) is 3.63. The first-order valence-electron chi connectivity index (χ1n) is 8.28. The molecule has 1 aromatic rings. The lowest BCUT2D eigenvalue weighted by Crippen LogP contribution is -2.45. The fraction of sp³-hybridized carbons (Fsp3) is 0.667. The maximum Gasteiger partial charge on any atom is 0.0499 e. The van der Waals surface area contributed by atoms with E-state index >= 15 is 0 Å². The summed E-state index contributed by atoms with van der Waals surface area (Å²) in [5.74, 6) is 1.68. The Hall–Kier alpha value is -0.380. The van der Waals surface area contributed by atoms with E-state index in [-0.39, 0.29) is 6.04 Å². The zero-order chi connectivity index (χ0) is 15.4. The number of benzene rings is 1. The van der Waals surface area contributed by atoms with Crippen LogP contribution in [0.5, 0.6) is 0 Å². The molecule has 1 aliphatic rings. The molecule has 1 fully saturated rings. The Morgan fingerprint density at radius 3 is 2.24 bits per heavy atom. The summed E-state index contributed by atoms with van der Waals surface area (Å²) in [7, 11) is 0. The van der Waals surface area contributed by atoms with Crippen molar-refractivity contribution in [2.24, 2.45) is 17.6 Å². The Labute approximate surface area is 138 Å². The minimum atomic E-state index is 0.210. The van der Waals surface area contributed by atoms with E-state index in [0.717, 1.165) is 22.7 Å². The molecule has 2 atom stereocenters. The van der Waals surface area contributed by atoms with Gasteiger partial charge in [0.2, 0.25) is 0 Å². The van der Waals surface area contributed by atoms with Crippen molar-refractivity contribution in [1.29, 1.82) is 0 Å². The summed E-state index contributed by atoms with van der Waals surface area (Å²) in [4.78, 5) is 2.61. The van der Waals surface area contributed by atoms with Gasteiger partial charge >= 0.3 is 0 Å². The lowest BCUT2D eigenvalue weighted by molar-refractivity contribution is 0.0993. The molecule has 0 aromatic heterocycles. The SMILES string of the molecule is CCC(N)C(c1ccc(Br)cc1)N1CCC(C(C)C)CC1. The first kappa shape index (κ1) is 17.0. The molecule has 2 N–H and O–H groups in total. The molecule has 2 rings (SSSR count). The summed E-state index contributed by atoms with van der Waals surface area (Å²) < 4.78 is 1.13. The van der Waals surface area contributed by atoms with Gasteiger partial charge in [0.05, 0.1) is 0 Å². The third kappa shape index (κ3) is 4.30. The van der Waals surface area contributed by atoms with E-state index in [1.165, 1.54) is 31.5 Å². The van der Waals surface area contributed by atoms with Crippen molar-refractivity contribution >= 4 is 15.9 Å². The molecule has 21 heavy (non-hydrogen) atoms. The van der Waals surface area contributed by atoms with Gasteiger partial charge in [-0.2, -0.15) is 0 Å². The number of piperidine rings is 1. The summed E-state index contributed by atoms with van der Waals surface area (Å²) in [6, 6.07) is 9.27. The van der Waals surface area contributed by atoms with Crippen LogP contribution >= 0.6 is 15.9 Å². The molecule has 1 heterocycles. The van der Waals surface area contributed by atoms with E-state index in [1.54, 1.807) is 0 Å². The van der Waals surface area contributed by atoms with Gasteiger partial charge < -0.3 is 5.73 Å². The molecule has 1 aliphatic heterocycles. The number of nitrogens with zero attached hydrogens (tertiary/aromatic N) is 1. The van der Waals surface area contributed by atoms with Crippen LogP contribution in [-0.2, 0) is 0 Å². The molecule has 0 aliphatic carbocycles. The molecule has 0 spiro atoms. The number of rotatable bonds is 5. The molecule has 1 saturated heterocycles. The molecule has 2 unspecified atom stereocenters. The highest BCUT2D eigenvalue weighted by Crippen LogP contribution is 2.32. The van der Waals surface area contributed by atoms with Crippen molar-refractivity contribution in [1.82, 2.24) is 4.90 Å². The smallest absolute Gasteiger partial charge is 0.0499 e. The lowest BCUT2D eigenvalue weighted by atomic mass is 9.85. The van der Waals surface area contributed by atoms with Crippen LogP contribution in [0.1, 0.15) is 51.6 Å².